The van der Waals surface area contributed by atoms with Gasteiger partial charge in [-0.2, -0.15) is 5.10 Å². The molecule has 0 aliphatic carbocycles. The van der Waals surface area contributed by atoms with Crippen molar-refractivity contribution in [1.29, 1.82) is 0 Å². The first-order valence-corrected chi connectivity index (χ1v) is 6.70. The molecule has 98 valence electrons. The second kappa shape index (κ2) is 7.33. The van der Waals surface area contributed by atoms with E-state index in [1.165, 1.54) is 0 Å². The van der Waals surface area contributed by atoms with E-state index in [2.05, 4.69) is 31.8 Å². The van der Waals surface area contributed by atoms with Gasteiger partial charge in [-0.1, -0.05) is 0 Å². The van der Waals surface area contributed by atoms with E-state index in [0.29, 0.717) is 5.11 Å². The molecule has 0 saturated carbocycles. The molecule has 0 aliphatic rings. The summed E-state index contributed by atoms with van der Waals surface area (Å²) in [5, 5.41) is 7.25. The average Bonchev–Trinajstić information content (AvgIpc) is 2.32. The molecule has 0 fully saturated rings. The molecule has 2 N–H and O–H groups in total. The topological polar surface area (TPSA) is 45.7 Å². The quantitative estimate of drug-likeness (QED) is 0.506. The van der Waals surface area contributed by atoms with Crippen LogP contribution in [0, 0.1) is 0 Å². The third kappa shape index (κ3) is 5.01. The number of ether oxygens (including phenoxy) is 1. The van der Waals surface area contributed by atoms with Gasteiger partial charge in [0.2, 0.25) is 0 Å². The van der Waals surface area contributed by atoms with Crippen LogP contribution in [-0.2, 0) is 0 Å². The summed E-state index contributed by atoms with van der Waals surface area (Å²) in [6.07, 6.45) is 1.84. The summed E-state index contributed by atoms with van der Waals surface area (Å²) in [4.78, 5) is 0. The van der Waals surface area contributed by atoms with Crippen LogP contribution < -0.4 is 15.5 Å². The van der Waals surface area contributed by atoms with Crippen molar-refractivity contribution in [2.45, 2.75) is 20.0 Å². The van der Waals surface area contributed by atoms with Crippen molar-refractivity contribution in [3.8, 4) is 5.75 Å². The third-order valence-corrected chi connectivity index (χ3v) is 2.84. The minimum absolute atomic E-state index is 0.149. The van der Waals surface area contributed by atoms with Crippen LogP contribution in [0.1, 0.15) is 19.4 Å². The van der Waals surface area contributed by atoms with Crippen LogP contribution >= 0.6 is 28.1 Å². The van der Waals surface area contributed by atoms with E-state index in [1.807, 2.05) is 32.0 Å². The van der Waals surface area contributed by atoms with Gasteiger partial charge in [0.1, 0.15) is 5.75 Å². The van der Waals surface area contributed by atoms with Crippen LogP contribution in [0.4, 0.5) is 0 Å². The lowest BCUT2D eigenvalue weighted by molar-refractivity contribution is 0.241. The molecule has 1 aromatic carbocycles. The number of thiocarbonyl (C=S) groups is 1. The molecule has 4 nitrogen and oxygen atoms in total. The highest BCUT2D eigenvalue weighted by Gasteiger charge is 2.03. The summed E-state index contributed by atoms with van der Waals surface area (Å²) >= 11 is 8.36. The molecule has 0 heterocycles. The summed E-state index contributed by atoms with van der Waals surface area (Å²) in [6, 6.07) is 5.77. The maximum Gasteiger partial charge on any atom is 0.186 e. The zero-order valence-corrected chi connectivity index (χ0v) is 12.9. The largest absolute Gasteiger partial charge is 0.490 e. The zero-order valence-electron chi connectivity index (χ0n) is 10.5. The van der Waals surface area contributed by atoms with Gasteiger partial charge < -0.3 is 10.1 Å². The average molecular weight is 330 g/mol. The number of benzene rings is 1. The highest BCUT2D eigenvalue weighted by Crippen LogP contribution is 2.26. The van der Waals surface area contributed by atoms with Crippen LogP contribution in [-0.4, -0.2) is 24.5 Å². The van der Waals surface area contributed by atoms with Gasteiger partial charge in [0.05, 0.1) is 16.8 Å². The van der Waals surface area contributed by atoms with Crippen LogP contribution in [0.5, 0.6) is 5.75 Å². The number of hydrogen-bond donors (Lipinski definition) is 2. The Morgan fingerprint density at radius 1 is 1.50 bits per heavy atom. The number of nitrogens with zero attached hydrogens (tertiary/aromatic N) is 1. The van der Waals surface area contributed by atoms with Crippen molar-refractivity contribution in [2.75, 3.05) is 7.05 Å². The maximum absolute atomic E-state index is 5.62. The van der Waals surface area contributed by atoms with Crippen molar-refractivity contribution in [1.82, 2.24) is 10.7 Å². The molecule has 0 radical (unpaired) electrons. The number of rotatable bonds is 4. The second-order valence-electron chi connectivity index (χ2n) is 3.81. The predicted octanol–water partition coefficient (Wildman–Crippen LogP) is 2.66. The molecular formula is C12H16BrN3OS. The number of hydrogen-bond acceptors (Lipinski definition) is 3. The lowest BCUT2D eigenvalue weighted by atomic mass is 10.2. The van der Waals surface area contributed by atoms with E-state index in [-0.39, 0.29) is 6.10 Å². The highest BCUT2D eigenvalue weighted by atomic mass is 79.9. The Bertz CT molecular complexity index is 449. The Balaban J connectivity index is 2.69. The summed E-state index contributed by atoms with van der Waals surface area (Å²) in [6.45, 7) is 3.98. The molecule has 0 unspecified atom stereocenters. The van der Waals surface area contributed by atoms with Crippen LogP contribution in [0.25, 0.3) is 0 Å². The first kappa shape index (κ1) is 14.9. The number of hydrazone groups is 1. The Hall–Kier alpha value is -1.14. The Morgan fingerprint density at radius 2 is 2.22 bits per heavy atom. The Morgan fingerprint density at radius 3 is 2.78 bits per heavy atom. The standard InChI is InChI=1S/C12H16BrN3OS/c1-8(2)17-11-5-4-9(6-10(11)13)7-15-16-12(18)14-3/h4-8H,1-3H3,(H2,14,16,18)/b15-7+. The van der Waals surface area contributed by atoms with Gasteiger partial charge in [0, 0.05) is 7.05 Å². The van der Waals surface area contributed by atoms with Gasteiger partial charge >= 0.3 is 0 Å². The summed E-state index contributed by atoms with van der Waals surface area (Å²) in [5.41, 5.74) is 3.64. The Kier molecular flexibility index (Phi) is 6.07. The van der Waals surface area contributed by atoms with Gasteiger partial charge in [-0.3, -0.25) is 5.43 Å². The van der Waals surface area contributed by atoms with E-state index < -0.39 is 0 Å². The van der Waals surface area contributed by atoms with Crippen molar-refractivity contribution >= 4 is 39.5 Å². The maximum atomic E-state index is 5.62. The molecule has 1 aromatic rings. The molecule has 1 rings (SSSR count). The smallest absolute Gasteiger partial charge is 0.186 e. The molecule has 0 atom stereocenters. The van der Waals surface area contributed by atoms with Gasteiger partial charge in [0.15, 0.2) is 5.11 Å². The molecule has 0 bridgehead atoms. The van der Waals surface area contributed by atoms with Crippen LogP contribution in [0.3, 0.4) is 0 Å². The summed E-state index contributed by atoms with van der Waals surface area (Å²) in [5.74, 6) is 0.820. The predicted molar refractivity (Wildman–Crippen MR) is 82.3 cm³/mol. The van der Waals surface area contributed by atoms with Crippen molar-refractivity contribution in [3.05, 3.63) is 28.2 Å². The zero-order chi connectivity index (χ0) is 13.5. The van der Waals surface area contributed by atoms with Crippen LogP contribution in [0.15, 0.2) is 27.8 Å². The van der Waals surface area contributed by atoms with Gasteiger partial charge in [-0.05, 0) is 65.8 Å². The molecule has 18 heavy (non-hydrogen) atoms. The molecule has 6 heteroatoms. The highest BCUT2D eigenvalue weighted by molar-refractivity contribution is 9.10. The van der Waals surface area contributed by atoms with Crippen molar-refractivity contribution in [2.24, 2.45) is 5.10 Å². The van der Waals surface area contributed by atoms with Crippen molar-refractivity contribution < 1.29 is 4.74 Å². The fraction of sp³-hybridized carbons (Fsp3) is 0.333. The van der Waals surface area contributed by atoms with E-state index in [9.17, 15) is 0 Å². The molecule has 0 aromatic heterocycles. The number of halogens is 1. The monoisotopic (exact) mass is 329 g/mol. The fourth-order valence-electron chi connectivity index (χ4n) is 1.17. The first-order valence-electron chi connectivity index (χ1n) is 5.50. The molecular weight excluding hydrogens is 314 g/mol. The fourth-order valence-corrected chi connectivity index (χ4v) is 1.71. The van der Waals surface area contributed by atoms with E-state index >= 15 is 0 Å². The van der Waals surface area contributed by atoms with Gasteiger partial charge in [-0.25, -0.2) is 0 Å². The lowest BCUT2D eigenvalue weighted by Gasteiger charge is -2.11. The van der Waals surface area contributed by atoms with Crippen LogP contribution in [0.2, 0.25) is 0 Å². The SMILES string of the molecule is CNC(=S)N/N=C/c1ccc(OC(C)C)c(Br)c1. The summed E-state index contributed by atoms with van der Waals surface area (Å²) < 4.78 is 6.52. The molecule has 0 spiro atoms. The van der Waals surface area contributed by atoms with Gasteiger partial charge in [-0.15, -0.1) is 0 Å². The lowest BCUT2D eigenvalue weighted by Crippen LogP contribution is -2.28. The third-order valence-electron chi connectivity index (χ3n) is 1.93. The minimum atomic E-state index is 0.149. The molecule has 0 aliphatic heterocycles. The van der Waals surface area contributed by atoms with Crippen molar-refractivity contribution in [3.63, 3.8) is 0 Å². The van der Waals surface area contributed by atoms with E-state index in [1.54, 1.807) is 13.3 Å². The minimum Gasteiger partial charge on any atom is -0.490 e. The second-order valence-corrected chi connectivity index (χ2v) is 5.07. The first-order chi connectivity index (χ1) is 8.52. The van der Waals surface area contributed by atoms with E-state index in [4.69, 9.17) is 17.0 Å². The van der Waals surface area contributed by atoms with Gasteiger partial charge in [0.25, 0.3) is 0 Å². The normalized spacial score (nSPS) is 10.7. The van der Waals surface area contributed by atoms with E-state index in [0.717, 1.165) is 15.8 Å². The molecule has 0 saturated heterocycles. The molecule has 0 amide bonds. The number of nitrogens with one attached hydrogen (secondary N) is 2. The Labute approximate surface area is 121 Å². The summed E-state index contributed by atoms with van der Waals surface area (Å²) in [7, 11) is 1.74.